The van der Waals surface area contributed by atoms with Crippen LogP contribution in [0.4, 0.5) is 0 Å². The van der Waals surface area contributed by atoms with Crippen molar-refractivity contribution in [2.75, 3.05) is 6.54 Å². The fourth-order valence-corrected chi connectivity index (χ4v) is 1.49. The number of nitrogens with one attached hydrogen (secondary N) is 1. The van der Waals surface area contributed by atoms with Gasteiger partial charge in [-0.2, -0.15) is 5.10 Å². The number of carbonyl (C=O) groups is 1. The van der Waals surface area contributed by atoms with Crippen LogP contribution >= 0.6 is 0 Å². The number of carbonyl (C=O) groups excluding carboxylic acids is 1. The standard InChI is InChI=1S/C10H18N4O/c1-4-12-10(3,9(11)15)7-14-6-8(2)5-13-14/h5-6,12H,4,7H2,1-3H3,(H2,11,15). The van der Waals surface area contributed by atoms with E-state index < -0.39 is 5.54 Å². The molecule has 0 aliphatic rings. The maximum atomic E-state index is 11.3. The summed E-state index contributed by atoms with van der Waals surface area (Å²) in [5, 5.41) is 7.22. The minimum absolute atomic E-state index is 0.363. The molecule has 0 aliphatic carbocycles. The molecule has 0 saturated heterocycles. The SMILES string of the molecule is CCNC(C)(Cn1cc(C)cn1)C(N)=O. The number of amides is 1. The first-order valence-corrected chi connectivity index (χ1v) is 5.02. The van der Waals surface area contributed by atoms with Crippen molar-refractivity contribution >= 4 is 5.91 Å². The second-order valence-electron chi connectivity index (χ2n) is 3.94. The molecule has 0 aliphatic heterocycles. The van der Waals surface area contributed by atoms with Crippen LogP contribution in [0.15, 0.2) is 12.4 Å². The quantitative estimate of drug-likeness (QED) is 0.721. The zero-order valence-electron chi connectivity index (χ0n) is 9.45. The van der Waals surface area contributed by atoms with Gasteiger partial charge in [-0.3, -0.25) is 9.48 Å². The van der Waals surface area contributed by atoms with Gasteiger partial charge < -0.3 is 11.1 Å². The molecule has 3 N–H and O–H groups in total. The molecule has 0 bridgehead atoms. The van der Waals surface area contributed by atoms with E-state index in [-0.39, 0.29) is 5.91 Å². The van der Waals surface area contributed by atoms with Gasteiger partial charge in [-0.1, -0.05) is 6.92 Å². The van der Waals surface area contributed by atoms with Crippen molar-refractivity contribution in [3.8, 4) is 0 Å². The highest BCUT2D eigenvalue weighted by atomic mass is 16.1. The molecule has 1 unspecified atom stereocenters. The van der Waals surface area contributed by atoms with Crippen LogP contribution in [0.3, 0.4) is 0 Å². The molecule has 5 nitrogen and oxygen atoms in total. The van der Waals surface area contributed by atoms with Crippen molar-refractivity contribution in [2.24, 2.45) is 5.73 Å². The molecule has 0 aromatic carbocycles. The molecule has 1 aromatic rings. The number of hydrogen-bond acceptors (Lipinski definition) is 3. The maximum Gasteiger partial charge on any atom is 0.239 e. The summed E-state index contributed by atoms with van der Waals surface area (Å²) in [6.07, 6.45) is 3.64. The van der Waals surface area contributed by atoms with Gasteiger partial charge in [0.2, 0.25) is 5.91 Å². The predicted molar refractivity (Wildman–Crippen MR) is 58.2 cm³/mol. The summed E-state index contributed by atoms with van der Waals surface area (Å²) in [6, 6.07) is 0. The maximum absolute atomic E-state index is 11.3. The molecule has 1 aromatic heterocycles. The van der Waals surface area contributed by atoms with Crippen LogP contribution in [0.1, 0.15) is 19.4 Å². The Hall–Kier alpha value is -1.36. The summed E-state index contributed by atoms with van der Waals surface area (Å²) in [4.78, 5) is 11.3. The normalized spacial score (nSPS) is 14.9. The molecule has 84 valence electrons. The van der Waals surface area contributed by atoms with Crippen LogP contribution in [0.25, 0.3) is 0 Å². The molecule has 1 amide bonds. The van der Waals surface area contributed by atoms with E-state index >= 15 is 0 Å². The fourth-order valence-electron chi connectivity index (χ4n) is 1.49. The first-order chi connectivity index (χ1) is 6.98. The monoisotopic (exact) mass is 210 g/mol. The van der Waals surface area contributed by atoms with Gasteiger partial charge in [-0.05, 0) is 26.0 Å². The van der Waals surface area contributed by atoms with Crippen LogP contribution < -0.4 is 11.1 Å². The molecule has 5 heteroatoms. The Morgan fingerprint density at radius 2 is 2.40 bits per heavy atom. The van der Waals surface area contributed by atoms with Crippen LogP contribution in [0.5, 0.6) is 0 Å². The third-order valence-corrected chi connectivity index (χ3v) is 2.35. The molecule has 15 heavy (non-hydrogen) atoms. The van der Waals surface area contributed by atoms with Gasteiger partial charge in [0.25, 0.3) is 0 Å². The second kappa shape index (κ2) is 4.44. The zero-order valence-corrected chi connectivity index (χ0v) is 9.45. The Kier molecular flexibility index (Phi) is 3.47. The topological polar surface area (TPSA) is 72.9 Å². The molecule has 1 atom stereocenters. The Morgan fingerprint density at radius 3 is 2.80 bits per heavy atom. The van der Waals surface area contributed by atoms with Crippen molar-refractivity contribution in [2.45, 2.75) is 32.9 Å². The summed E-state index contributed by atoms with van der Waals surface area (Å²) < 4.78 is 1.72. The lowest BCUT2D eigenvalue weighted by molar-refractivity contribution is -0.124. The number of rotatable bonds is 5. The second-order valence-corrected chi connectivity index (χ2v) is 3.94. The van der Waals surface area contributed by atoms with Crippen LogP contribution in [0, 0.1) is 6.92 Å². The summed E-state index contributed by atoms with van der Waals surface area (Å²) in [6.45, 7) is 6.83. The molecule has 0 saturated carbocycles. The van der Waals surface area contributed by atoms with E-state index in [1.807, 2.05) is 20.0 Å². The number of nitrogens with zero attached hydrogens (tertiary/aromatic N) is 2. The Balaban J connectivity index is 2.79. The lowest BCUT2D eigenvalue weighted by Crippen LogP contribution is -2.55. The number of likely N-dealkylation sites (N-methyl/N-ethyl adjacent to an activating group) is 1. The summed E-state index contributed by atoms with van der Waals surface area (Å²) >= 11 is 0. The van der Waals surface area contributed by atoms with Gasteiger partial charge in [0, 0.05) is 6.20 Å². The van der Waals surface area contributed by atoms with Crippen molar-refractivity contribution in [3.05, 3.63) is 18.0 Å². The van der Waals surface area contributed by atoms with E-state index in [1.54, 1.807) is 17.8 Å². The Morgan fingerprint density at radius 1 is 1.73 bits per heavy atom. The van der Waals surface area contributed by atoms with Crippen LogP contribution in [-0.2, 0) is 11.3 Å². The van der Waals surface area contributed by atoms with Gasteiger partial charge in [0.05, 0.1) is 12.7 Å². The van der Waals surface area contributed by atoms with Gasteiger partial charge in [0.15, 0.2) is 0 Å². The van der Waals surface area contributed by atoms with Crippen molar-refractivity contribution in [3.63, 3.8) is 0 Å². The largest absolute Gasteiger partial charge is 0.368 e. The first-order valence-electron chi connectivity index (χ1n) is 5.02. The fraction of sp³-hybridized carbons (Fsp3) is 0.600. The minimum Gasteiger partial charge on any atom is -0.368 e. The lowest BCUT2D eigenvalue weighted by Gasteiger charge is -2.26. The van der Waals surface area contributed by atoms with Crippen LogP contribution in [-0.4, -0.2) is 27.8 Å². The number of aromatic nitrogens is 2. The predicted octanol–water partition coefficient (Wildman–Crippen LogP) is 0.0450. The average molecular weight is 210 g/mol. The first kappa shape index (κ1) is 11.7. The highest BCUT2D eigenvalue weighted by Gasteiger charge is 2.30. The van der Waals surface area contributed by atoms with Gasteiger partial charge in [0.1, 0.15) is 5.54 Å². The Bertz CT molecular complexity index is 347. The number of nitrogens with two attached hydrogens (primary N) is 1. The third kappa shape index (κ3) is 2.79. The Labute approximate surface area is 89.6 Å². The number of aryl methyl sites for hydroxylation is 1. The van der Waals surface area contributed by atoms with E-state index in [1.165, 1.54) is 0 Å². The van der Waals surface area contributed by atoms with E-state index in [4.69, 9.17) is 5.73 Å². The van der Waals surface area contributed by atoms with E-state index in [0.29, 0.717) is 13.1 Å². The van der Waals surface area contributed by atoms with Gasteiger partial charge in [-0.15, -0.1) is 0 Å². The smallest absolute Gasteiger partial charge is 0.239 e. The molecule has 0 fully saturated rings. The average Bonchev–Trinajstić information content (AvgIpc) is 2.51. The van der Waals surface area contributed by atoms with Crippen molar-refractivity contribution in [1.82, 2.24) is 15.1 Å². The number of hydrogen-bond donors (Lipinski definition) is 2. The minimum atomic E-state index is -0.743. The van der Waals surface area contributed by atoms with E-state index in [0.717, 1.165) is 5.56 Å². The van der Waals surface area contributed by atoms with Gasteiger partial charge >= 0.3 is 0 Å². The number of primary amides is 1. The molecule has 0 radical (unpaired) electrons. The molecule has 0 spiro atoms. The highest BCUT2D eigenvalue weighted by Crippen LogP contribution is 2.07. The zero-order chi connectivity index (χ0) is 11.5. The summed E-state index contributed by atoms with van der Waals surface area (Å²) in [5.74, 6) is -0.363. The van der Waals surface area contributed by atoms with E-state index in [2.05, 4.69) is 10.4 Å². The third-order valence-electron chi connectivity index (χ3n) is 2.35. The molecular formula is C10H18N4O. The van der Waals surface area contributed by atoms with Gasteiger partial charge in [-0.25, -0.2) is 0 Å². The summed E-state index contributed by atoms with van der Waals surface area (Å²) in [5.41, 5.74) is 5.69. The van der Waals surface area contributed by atoms with E-state index in [9.17, 15) is 4.79 Å². The van der Waals surface area contributed by atoms with Crippen molar-refractivity contribution < 1.29 is 4.79 Å². The molecular weight excluding hydrogens is 192 g/mol. The molecule has 1 heterocycles. The molecule has 1 rings (SSSR count). The lowest BCUT2D eigenvalue weighted by atomic mass is 10.0. The van der Waals surface area contributed by atoms with Crippen molar-refractivity contribution in [1.29, 1.82) is 0 Å². The van der Waals surface area contributed by atoms with Crippen LogP contribution in [0.2, 0.25) is 0 Å². The summed E-state index contributed by atoms with van der Waals surface area (Å²) in [7, 11) is 0. The highest BCUT2D eigenvalue weighted by molar-refractivity contribution is 5.84.